The fourth-order valence-electron chi connectivity index (χ4n) is 2.03. The molecule has 1 aliphatic heterocycles. The SMILES string of the molecule is CN1CCS/C1=C\c1oc2ccc(Cl)cc2[n+]1C.[Br-]. The summed E-state index contributed by atoms with van der Waals surface area (Å²) in [4.78, 5) is 2.24. The molecule has 0 radical (unpaired) electrons. The van der Waals surface area contributed by atoms with Crippen molar-refractivity contribution in [3.8, 4) is 0 Å². The second-order valence-corrected chi connectivity index (χ2v) is 5.92. The van der Waals surface area contributed by atoms with Crippen LogP contribution in [0.4, 0.5) is 0 Å². The van der Waals surface area contributed by atoms with E-state index in [0.717, 1.165) is 34.3 Å². The lowest BCUT2D eigenvalue weighted by atomic mass is 10.3. The van der Waals surface area contributed by atoms with E-state index in [1.54, 1.807) is 0 Å². The average molecular weight is 362 g/mol. The molecule has 2 heterocycles. The normalized spacial score (nSPS) is 17.2. The zero-order valence-electron chi connectivity index (χ0n) is 10.7. The molecule has 0 bridgehead atoms. The number of halogens is 2. The van der Waals surface area contributed by atoms with Crippen LogP contribution in [0.15, 0.2) is 27.6 Å². The van der Waals surface area contributed by atoms with Gasteiger partial charge in [-0.05, 0) is 12.1 Å². The Morgan fingerprint density at radius 1 is 1.47 bits per heavy atom. The van der Waals surface area contributed by atoms with Crippen molar-refractivity contribution in [2.24, 2.45) is 7.05 Å². The van der Waals surface area contributed by atoms with Gasteiger partial charge in [-0.1, -0.05) is 11.6 Å². The van der Waals surface area contributed by atoms with Crippen molar-refractivity contribution in [1.82, 2.24) is 4.90 Å². The van der Waals surface area contributed by atoms with Crippen LogP contribution in [0, 0.1) is 0 Å². The minimum Gasteiger partial charge on any atom is -1.00 e. The molecule has 1 aromatic carbocycles. The molecule has 0 saturated carbocycles. The van der Waals surface area contributed by atoms with Crippen LogP contribution in [0.5, 0.6) is 0 Å². The van der Waals surface area contributed by atoms with E-state index >= 15 is 0 Å². The standard InChI is InChI=1S/C13H14ClN2OS.BrH/c1-15-5-6-18-13(15)8-12-16(2)10-7-9(14)3-4-11(10)17-12;/h3-4,7-8H,5-6H2,1-2H3;1H/q+1;/p-1. The largest absolute Gasteiger partial charge is 1.00 e. The number of aromatic nitrogens is 1. The molecule has 1 saturated heterocycles. The maximum absolute atomic E-state index is 6.01. The van der Waals surface area contributed by atoms with Crippen LogP contribution >= 0.6 is 23.4 Å². The zero-order chi connectivity index (χ0) is 12.7. The first kappa shape index (κ1) is 14.8. The van der Waals surface area contributed by atoms with Gasteiger partial charge in [0.15, 0.2) is 0 Å². The fourth-order valence-corrected chi connectivity index (χ4v) is 3.27. The molecule has 1 fully saturated rings. The summed E-state index contributed by atoms with van der Waals surface area (Å²) in [6.07, 6.45) is 2.09. The van der Waals surface area contributed by atoms with Gasteiger partial charge in [-0.15, -0.1) is 11.8 Å². The Morgan fingerprint density at radius 3 is 2.95 bits per heavy atom. The monoisotopic (exact) mass is 360 g/mol. The maximum atomic E-state index is 6.01. The van der Waals surface area contributed by atoms with E-state index in [1.165, 1.54) is 5.03 Å². The van der Waals surface area contributed by atoms with Crippen molar-refractivity contribution in [2.75, 3.05) is 19.3 Å². The van der Waals surface area contributed by atoms with Crippen molar-refractivity contribution in [3.05, 3.63) is 34.1 Å². The highest BCUT2D eigenvalue weighted by Crippen LogP contribution is 2.28. The summed E-state index contributed by atoms with van der Waals surface area (Å²) >= 11 is 7.87. The van der Waals surface area contributed by atoms with Crippen LogP contribution in [-0.4, -0.2) is 24.2 Å². The second-order valence-electron chi connectivity index (χ2n) is 4.36. The maximum Gasteiger partial charge on any atom is 0.376 e. The van der Waals surface area contributed by atoms with Gasteiger partial charge < -0.3 is 26.3 Å². The summed E-state index contributed by atoms with van der Waals surface area (Å²) in [5.74, 6) is 1.99. The predicted molar refractivity (Wildman–Crippen MR) is 75.5 cm³/mol. The topological polar surface area (TPSA) is 20.3 Å². The number of fused-ring (bicyclic) bond motifs is 1. The summed E-state index contributed by atoms with van der Waals surface area (Å²) in [7, 11) is 4.10. The van der Waals surface area contributed by atoms with Crippen LogP contribution in [0.2, 0.25) is 5.02 Å². The molecule has 1 aromatic heterocycles. The Hall–Kier alpha value is -0.650. The van der Waals surface area contributed by atoms with Crippen molar-refractivity contribution in [2.45, 2.75) is 0 Å². The Morgan fingerprint density at radius 2 is 2.26 bits per heavy atom. The number of nitrogens with zero attached hydrogens (tertiary/aromatic N) is 2. The smallest absolute Gasteiger partial charge is 0.376 e. The van der Waals surface area contributed by atoms with Crippen molar-refractivity contribution < 1.29 is 26.0 Å². The lowest BCUT2D eigenvalue weighted by Gasteiger charge is -2.08. The van der Waals surface area contributed by atoms with Gasteiger partial charge in [0.1, 0.15) is 7.05 Å². The summed E-state index contributed by atoms with van der Waals surface area (Å²) in [6.45, 7) is 1.09. The number of hydrogen-bond acceptors (Lipinski definition) is 3. The highest BCUT2D eigenvalue weighted by Gasteiger charge is 2.21. The molecule has 2 aromatic rings. The zero-order valence-corrected chi connectivity index (χ0v) is 13.8. The van der Waals surface area contributed by atoms with Crippen molar-refractivity contribution >= 4 is 40.5 Å². The fraction of sp³-hybridized carbons (Fsp3) is 0.308. The predicted octanol–water partition coefficient (Wildman–Crippen LogP) is -0.108. The molecule has 0 spiro atoms. The van der Waals surface area contributed by atoms with Crippen LogP contribution in [0.3, 0.4) is 0 Å². The molecule has 0 atom stereocenters. The van der Waals surface area contributed by atoms with E-state index in [-0.39, 0.29) is 17.0 Å². The Labute approximate surface area is 132 Å². The van der Waals surface area contributed by atoms with Gasteiger partial charge in [0.25, 0.3) is 5.52 Å². The first-order chi connectivity index (χ1) is 8.65. The Kier molecular flexibility index (Phi) is 4.48. The number of aryl methyl sites for hydroxylation is 1. The molecule has 6 heteroatoms. The summed E-state index contributed by atoms with van der Waals surface area (Å²) in [6, 6.07) is 5.68. The first-order valence-electron chi connectivity index (χ1n) is 5.79. The summed E-state index contributed by atoms with van der Waals surface area (Å²) < 4.78 is 7.88. The quantitative estimate of drug-likeness (QED) is 0.661. The molecule has 3 nitrogen and oxygen atoms in total. The van der Waals surface area contributed by atoms with Crippen LogP contribution in [0.25, 0.3) is 17.2 Å². The third-order valence-corrected chi connectivity index (χ3v) is 4.47. The Balaban J connectivity index is 0.00000133. The van der Waals surface area contributed by atoms with E-state index in [1.807, 2.05) is 41.6 Å². The number of benzene rings is 1. The molecular formula is C13H14BrClN2OS. The van der Waals surface area contributed by atoms with E-state index in [4.69, 9.17) is 16.0 Å². The number of rotatable bonds is 1. The van der Waals surface area contributed by atoms with Gasteiger partial charge >= 0.3 is 5.89 Å². The van der Waals surface area contributed by atoms with Crippen molar-refractivity contribution in [3.63, 3.8) is 0 Å². The number of hydrogen-bond donors (Lipinski definition) is 0. The van der Waals surface area contributed by atoms with Gasteiger partial charge in [0.05, 0.1) is 11.1 Å². The summed E-state index contributed by atoms with van der Waals surface area (Å²) in [5, 5.41) is 1.97. The van der Waals surface area contributed by atoms with Gasteiger partial charge in [0.2, 0.25) is 5.58 Å². The highest BCUT2D eigenvalue weighted by molar-refractivity contribution is 8.03. The first-order valence-corrected chi connectivity index (χ1v) is 7.15. The number of thioether (sulfide) groups is 1. The van der Waals surface area contributed by atoms with Crippen LogP contribution < -0.4 is 21.5 Å². The molecule has 0 N–H and O–H groups in total. The van der Waals surface area contributed by atoms with Gasteiger partial charge in [0, 0.05) is 30.4 Å². The molecule has 0 unspecified atom stereocenters. The molecule has 102 valence electrons. The Bertz CT molecular complexity index is 641. The second kappa shape index (κ2) is 5.77. The lowest BCUT2D eigenvalue weighted by Crippen LogP contribution is -3.00. The van der Waals surface area contributed by atoms with Gasteiger partial charge in [-0.25, -0.2) is 0 Å². The molecule has 3 rings (SSSR count). The molecule has 19 heavy (non-hydrogen) atoms. The minimum absolute atomic E-state index is 0. The highest BCUT2D eigenvalue weighted by atomic mass is 79.9. The lowest BCUT2D eigenvalue weighted by molar-refractivity contribution is -0.652. The van der Waals surface area contributed by atoms with Crippen LogP contribution in [-0.2, 0) is 7.05 Å². The summed E-state index contributed by atoms with van der Waals surface area (Å²) in [5.41, 5.74) is 1.87. The number of oxazole rings is 1. The molecule has 0 aliphatic carbocycles. The third kappa shape index (κ3) is 2.78. The molecule has 0 amide bonds. The minimum atomic E-state index is 0. The van der Waals surface area contributed by atoms with E-state index in [9.17, 15) is 0 Å². The molecular weight excluding hydrogens is 348 g/mol. The third-order valence-electron chi connectivity index (χ3n) is 3.13. The van der Waals surface area contributed by atoms with Crippen LogP contribution in [0.1, 0.15) is 5.89 Å². The average Bonchev–Trinajstić information content (AvgIpc) is 2.87. The van der Waals surface area contributed by atoms with Gasteiger partial charge in [-0.2, -0.15) is 4.57 Å². The van der Waals surface area contributed by atoms with E-state index in [2.05, 4.69) is 18.0 Å². The van der Waals surface area contributed by atoms with E-state index in [0.29, 0.717) is 0 Å². The molecule has 1 aliphatic rings. The van der Waals surface area contributed by atoms with E-state index < -0.39 is 0 Å². The van der Waals surface area contributed by atoms with Crippen molar-refractivity contribution in [1.29, 1.82) is 0 Å². The van der Waals surface area contributed by atoms with Gasteiger partial charge in [-0.3, -0.25) is 0 Å².